The maximum Gasteiger partial charge on any atom is 0.305 e. The van der Waals surface area contributed by atoms with Crippen LogP contribution in [0.1, 0.15) is 135 Å². The molecular formula is C60H82N6O9S. The first-order valence-electron chi connectivity index (χ1n) is 27.9. The van der Waals surface area contributed by atoms with Crippen molar-refractivity contribution in [2.24, 2.45) is 39.9 Å². The Kier molecular flexibility index (Phi) is 18.1. The lowest BCUT2D eigenvalue weighted by Gasteiger charge is -2.58. The van der Waals surface area contributed by atoms with E-state index < -0.39 is 23.6 Å². The van der Waals surface area contributed by atoms with Crippen molar-refractivity contribution in [3.05, 3.63) is 83.0 Å². The lowest BCUT2D eigenvalue weighted by molar-refractivity contribution is -0.149. The van der Waals surface area contributed by atoms with E-state index in [9.17, 15) is 28.8 Å². The Morgan fingerprint density at radius 1 is 0.934 bits per heavy atom. The number of amides is 5. The first-order chi connectivity index (χ1) is 36.3. The Balaban J connectivity index is 0.786. The maximum atomic E-state index is 14.6. The maximum absolute atomic E-state index is 14.6. The molecule has 3 saturated carbocycles. The molecule has 5 amide bonds. The smallest absolute Gasteiger partial charge is 0.305 e. The zero-order valence-corrected chi connectivity index (χ0v) is 46.9. The van der Waals surface area contributed by atoms with Gasteiger partial charge in [0.05, 0.1) is 42.4 Å². The van der Waals surface area contributed by atoms with Crippen molar-refractivity contribution in [2.45, 2.75) is 163 Å². The highest BCUT2D eigenvalue weighted by molar-refractivity contribution is 7.13. The quantitative estimate of drug-likeness (QED) is 0.0689. The second kappa shape index (κ2) is 24.4. The number of ether oxygens (including phenoxy) is 3. The number of unbranched alkanes of at least 4 members (excludes halogenated alkanes) is 2. The zero-order valence-electron chi connectivity index (χ0n) is 46.1. The first kappa shape index (κ1) is 56.6. The number of likely N-dealkylation sites (N-methyl/N-ethyl adjacent to an activating group) is 1. The van der Waals surface area contributed by atoms with E-state index in [4.69, 9.17) is 14.2 Å². The minimum absolute atomic E-state index is 0.0103. The Hall–Kier alpha value is -5.61. The van der Waals surface area contributed by atoms with Crippen LogP contribution in [0.4, 0.5) is 0 Å². The van der Waals surface area contributed by atoms with E-state index in [1.54, 1.807) is 29.4 Å². The number of benzene rings is 2. The van der Waals surface area contributed by atoms with Crippen LogP contribution >= 0.6 is 11.3 Å². The summed E-state index contributed by atoms with van der Waals surface area (Å²) in [5.74, 6) is 1.12. The summed E-state index contributed by atoms with van der Waals surface area (Å²) in [6.45, 7) is 16.1. The Bertz CT molecular complexity index is 2580. The van der Waals surface area contributed by atoms with Gasteiger partial charge in [-0.15, -0.1) is 11.3 Å². The van der Waals surface area contributed by atoms with Crippen molar-refractivity contribution in [3.63, 3.8) is 0 Å². The average Bonchev–Trinajstić information content (AvgIpc) is 4.18. The van der Waals surface area contributed by atoms with Crippen molar-refractivity contribution >= 4 is 46.8 Å². The number of aryl methyl sites for hydroxylation is 1. The van der Waals surface area contributed by atoms with Gasteiger partial charge in [-0.3, -0.25) is 28.8 Å². The third-order valence-electron chi connectivity index (χ3n) is 17.9. The van der Waals surface area contributed by atoms with Crippen LogP contribution in [-0.2, 0) is 51.4 Å². The van der Waals surface area contributed by atoms with Crippen LogP contribution in [0.2, 0.25) is 0 Å². The minimum atomic E-state index is -0.912. The van der Waals surface area contributed by atoms with Gasteiger partial charge in [0.2, 0.25) is 29.5 Å². The van der Waals surface area contributed by atoms with Crippen LogP contribution in [0.25, 0.3) is 10.4 Å². The first-order valence-corrected chi connectivity index (χ1v) is 28.8. The standard InChI is InChI=1S/C60H82N6O9S/c1-9-65(56(71)47-25-24-45-44-23-26-49-60(7,30-28-51(68)63-49)46(44)27-29-59(45,47)6)31-32-74-52(69)14-12-10-11-13-50(67)64-54(58(3,4)5)57(72)66-35-43(75-36-40-17-21-42(73-8)22-18-40)33-48(66)55(70)61-34-39-15-19-41(20-16-39)53-38(2)62-37-76-53/h15-22,28,30,37,43-49,54H,9-14,23-27,29,31-36H2,1-8H3,(H,61,70)(H,63,68)(H,64,67)/t43-,44+,45+,46+,47-,48+,49-,54-,59+,60-/m1/s1. The Morgan fingerprint density at radius 3 is 2.37 bits per heavy atom. The number of nitrogens with one attached hydrogen (secondary N) is 3. The number of nitrogens with zero attached hydrogens (tertiary/aromatic N) is 3. The number of likely N-dealkylation sites (tertiary alicyclic amines) is 1. The zero-order chi connectivity index (χ0) is 54.4. The van der Waals surface area contributed by atoms with Crippen LogP contribution < -0.4 is 20.7 Å². The predicted octanol–water partition coefficient (Wildman–Crippen LogP) is 8.72. The molecule has 412 valence electrons. The molecule has 0 spiro atoms. The molecule has 2 aliphatic heterocycles. The number of carbonyl (C=O) groups is 6. The molecule has 3 N–H and O–H groups in total. The van der Waals surface area contributed by atoms with Crippen molar-refractivity contribution in [1.82, 2.24) is 30.7 Å². The van der Waals surface area contributed by atoms with E-state index in [1.165, 1.54) is 0 Å². The molecule has 0 unspecified atom stereocenters. The van der Waals surface area contributed by atoms with Crippen molar-refractivity contribution in [2.75, 3.05) is 33.4 Å². The monoisotopic (exact) mass is 1060 g/mol. The summed E-state index contributed by atoms with van der Waals surface area (Å²) in [4.78, 5) is 90.5. The SMILES string of the molecule is CCN(CCOC(=O)CCCCCC(=O)N[C@H](C(=O)N1C[C@H](OCc2ccc(OC)cc2)C[C@H]1C(=O)NCc1ccc(-c2scnc2C)cc1)C(C)(C)C)C(=O)[C@H]1CC[C@H]2[C@@H]3CC[C@H]4NC(=O)C=C[C@]4(C)[C@H]3CC[C@]12C. The predicted molar refractivity (Wildman–Crippen MR) is 292 cm³/mol. The fourth-order valence-electron chi connectivity index (χ4n) is 13.5. The number of hydrogen-bond donors (Lipinski definition) is 3. The van der Waals surface area contributed by atoms with E-state index in [0.29, 0.717) is 56.5 Å². The number of thiazole rings is 1. The number of aromatic nitrogens is 1. The number of methoxy groups -OCH3 is 1. The normalized spacial score (nSPS) is 27.1. The fraction of sp³-hybridized carbons (Fsp3) is 0.617. The molecular weight excluding hydrogens is 981 g/mol. The van der Waals surface area contributed by atoms with E-state index in [-0.39, 0.29) is 97.4 Å². The van der Waals surface area contributed by atoms with Gasteiger partial charge in [-0.05, 0) is 129 Å². The molecule has 10 atom stereocenters. The summed E-state index contributed by atoms with van der Waals surface area (Å²) in [5, 5.41) is 9.32. The topological polar surface area (TPSA) is 186 Å². The highest BCUT2D eigenvalue weighted by Crippen LogP contribution is 2.65. The molecule has 16 heteroatoms. The van der Waals surface area contributed by atoms with Gasteiger partial charge in [0.15, 0.2) is 0 Å². The summed E-state index contributed by atoms with van der Waals surface area (Å²) < 4.78 is 17.3. The third kappa shape index (κ3) is 12.7. The lowest BCUT2D eigenvalue weighted by atomic mass is 9.48. The molecule has 3 heterocycles. The van der Waals surface area contributed by atoms with Gasteiger partial charge in [0, 0.05) is 56.3 Å². The molecule has 1 aromatic heterocycles. The molecule has 3 aromatic rings. The van der Waals surface area contributed by atoms with Crippen LogP contribution in [0.15, 0.2) is 66.2 Å². The molecule has 15 nitrogen and oxygen atoms in total. The molecule has 8 rings (SSSR count). The van der Waals surface area contributed by atoms with Gasteiger partial charge >= 0.3 is 5.97 Å². The summed E-state index contributed by atoms with van der Waals surface area (Å²) in [7, 11) is 1.61. The highest BCUT2D eigenvalue weighted by atomic mass is 32.1. The molecule has 1 saturated heterocycles. The molecule has 4 fully saturated rings. The van der Waals surface area contributed by atoms with Crippen molar-refractivity contribution in [3.8, 4) is 16.2 Å². The fourth-order valence-corrected chi connectivity index (χ4v) is 14.3. The van der Waals surface area contributed by atoms with Crippen LogP contribution in [0.5, 0.6) is 5.75 Å². The van der Waals surface area contributed by atoms with E-state index in [0.717, 1.165) is 71.5 Å². The van der Waals surface area contributed by atoms with E-state index in [2.05, 4.69) is 40.9 Å². The average molecular weight is 1060 g/mol. The van der Waals surface area contributed by atoms with Gasteiger partial charge in [-0.2, -0.15) is 0 Å². The van der Waals surface area contributed by atoms with Gasteiger partial charge in [-0.25, -0.2) is 4.98 Å². The van der Waals surface area contributed by atoms with Crippen LogP contribution in [0, 0.1) is 46.8 Å². The number of esters is 1. The number of rotatable bonds is 21. The summed E-state index contributed by atoms with van der Waals surface area (Å²) in [6, 6.07) is 14.0. The molecule has 2 aromatic carbocycles. The second-order valence-electron chi connectivity index (χ2n) is 23.7. The van der Waals surface area contributed by atoms with E-state index >= 15 is 0 Å². The lowest BCUT2D eigenvalue weighted by Crippen LogP contribution is -2.59. The number of carbonyl (C=O) groups excluding carboxylic acids is 6. The Morgan fingerprint density at radius 2 is 1.67 bits per heavy atom. The van der Waals surface area contributed by atoms with Gasteiger partial charge < -0.3 is 40.0 Å². The molecule has 3 aliphatic carbocycles. The molecule has 0 radical (unpaired) electrons. The Labute approximate surface area is 454 Å². The summed E-state index contributed by atoms with van der Waals surface area (Å²) in [5.41, 5.74) is 4.90. The van der Waals surface area contributed by atoms with Gasteiger partial charge in [0.1, 0.15) is 24.4 Å². The van der Waals surface area contributed by atoms with Gasteiger partial charge in [-0.1, -0.05) is 83.5 Å². The minimum Gasteiger partial charge on any atom is -0.497 e. The summed E-state index contributed by atoms with van der Waals surface area (Å²) >= 11 is 1.58. The number of fused-ring (bicyclic) bond motifs is 5. The largest absolute Gasteiger partial charge is 0.497 e. The van der Waals surface area contributed by atoms with Crippen LogP contribution in [0.3, 0.4) is 0 Å². The van der Waals surface area contributed by atoms with Crippen molar-refractivity contribution in [1.29, 1.82) is 0 Å². The van der Waals surface area contributed by atoms with Gasteiger partial charge in [0.25, 0.3) is 0 Å². The molecule has 0 bridgehead atoms. The molecule has 76 heavy (non-hydrogen) atoms. The van der Waals surface area contributed by atoms with E-state index in [1.807, 2.05) is 93.6 Å². The second-order valence-corrected chi connectivity index (χ2v) is 24.5. The highest BCUT2D eigenvalue weighted by Gasteiger charge is 2.61. The van der Waals surface area contributed by atoms with Crippen LogP contribution in [-0.4, -0.2) is 108 Å². The summed E-state index contributed by atoms with van der Waals surface area (Å²) in [6.07, 6.45) is 11.8. The number of hydrogen-bond acceptors (Lipinski definition) is 11. The van der Waals surface area contributed by atoms with Crippen molar-refractivity contribution < 1.29 is 43.0 Å². The third-order valence-corrected chi connectivity index (χ3v) is 18.9. The molecule has 5 aliphatic rings.